The van der Waals surface area contributed by atoms with E-state index in [1.54, 1.807) is 0 Å². The van der Waals surface area contributed by atoms with Gasteiger partial charge in [0.25, 0.3) is 0 Å². The minimum absolute atomic E-state index is 0.0160. The molecule has 0 saturated carbocycles. The second-order valence-corrected chi connectivity index (χ2v) is 5.04. The fourth-order valence-corrected chi connectivity index (χ4v) is 2.69. The third kappa shape index (κ3) is 2.44. The molecule has 1 aliphatic heterocycles. The zero-order valence-electron chi connectivity index (χ0n) is 13.0. The van der Waals surface area contributed by atoms with Crippen molar-refractivity contribution in [2.45, 2.75) is 26.9 Å². The molecule has 5 heteroatoms. The van der Waals surface area contributed by atoms with Gasteiger partial charge in [-0.1, -0.05) is 38.6 Å². The van der Waals surface area contributed by atoms with Crippen molar-refractivity contribution in [3.05, 3.63) is 58.4 Å². The van der Waals surface area contributed by atoms with Gasteiger partial charge in [0, 0.05) is 24.2 Å². The molecule has 4 N–H and O–H groups in total. The van der Waals surface area contributed by atoms with E-state index in [4.69, 9.17) is 11.5 Å². The summed E-state index contributed by atoms with van der Waals surface area (Å²) >= 11 is 0. The van der Waals surface area contributed by atoms with E-state index in [-0.39, 0.29) is 23.8 Å². The number of Topliss-reactive ketones (excluding diaryl/α,β-unsaturated/α-hetero) is 2. The van der Waals surface area contributed by atoms with Gasteiger partial charge in [0.2, 0.25) is 5.78 Å². The van der Waals surface area contributed by atoms with Crippen LogP contribution < -0.4 is 11.5 Å². The van der Waals surface area contributed by atoms with E-state index >= 15 is 0 Å². The molecule has 2 aliphatic rings. The normalized spacial score (nSPS) is 16.9. The van der Waals surface area contributed by atoms with Gasteiger partial charge in [-0.15, -0.1) is 0 Å². The second-order valence-electron chi connectivity index (χ2n) is 5.04. The van der Waals surface area contributed by atoms with Crippen LogP contribution in [-0.4, -0.2) is 23.0 Å². The molecule has 0 spiro atoms. The zero-order chi connectivity index (χ0) is 16.4. The predicted octanol–water partition coefficient (Wildman–Crippen LogP) is 1.48. The summed E-state index contributed by atoms with van der Waals surface area (Å²) in [4.78, 5) is 25.4. The molecular formula is C17H21N3O2. The number of carbonyl (C=O) groups excluding carboxylic acids is 2. The van der Waals surface area contributed by atoms with E-state index in [2.05, 4.69) is 6.58 Å². The molecule has 5 nitrogen and oxygen atoms in total. The van der Waals surface area contributed by atoms with Crippen LogP contribution in [0.5, 0.6) is 0 Å². The largest absolute Gasteiger partial charge is 0.394 e. The highest BCUT2D eigenvalue weighted by atomic mass is 16.1. The second kappa shape index (κ2) is 6.15. The van der Waals surface area contributed by atoms with Crippen LogP contribution in [0.25, 0.3) is 0 Å². The molecule has 0 unspecified atom stereocenters. The molecule has 0 saturated heterocycles. The van der Waals surface area contributed by atoms with Crippen molar-refractivity contribution in [3.8, 4) is 0 Å². The molecule has 0 fully saturated rings. The lowest BCUT2D eigenvalue weighted by atomic mass is 9.89. The first-order valence-electron chi connectivity index (χ1n) is 7.36. The summed E-state index contributed by atoms with van der Waals surface area (Å²) in [6, 6.07) is 5.61. The molecule has 3 rings (SSSR count). The third-order valence-electron chi connectivity index (χ3n) is 3.78. The minimum atomic E-state index is -0.228. The van der Waals surface area contributed by atoms with Gasteiger partial charge in [-0.2, -0.15) is 0 Å². The lowest BCUT2D eigenvalue weighted by molar-refractivity contribution is -0.113. The Morgan fingerprint density at radius 3 is 2.50 bits per heavy atom. The molecule has 1 aliphatic carbocycles. The smallest absolute Gasteiger partial charge is 0.212 e. The number of nitrogens with two attached hydrogens (primary N) is 2. The monoisotopic (exact) mass is 299 g/mol. The zero-order valence-corrected chi connectivity index (χ0v) is 13.0. The SMILES string of the molecule is C=C1C(=O)C(N)=C1N1CC(=O)c2ccc(CN)cc2C1.CC. The first-order valence-corrected chi connectivity index (χ1v) is 7.36. The Morgan fingerprint density at radius 2 is 1.91 bits per heavy atom. The van der Waals surface area contributed by atoms with Crippen LogP contribution in [0.4, 0.5) is 0 Å². The molecule has 0 radical (unpaired) electrons. The summed E-state index contributed by atoms with van der Waals surface area (Å²) in [6.07, 6.45) is 0. The van der Waals surface area contributed by atoms with Crippen LogP contribution in [0.15, 0.2) is 41.7 Å². The summed E-state index contributed by atoms with van der Waals surface area (Å²) in [5.41, 5.74) is 15.1. The minimum Gasteiger partial charge on any atom is -0.394 e. The average Bonchev–Trinajstić information content (AvgIpc) is 2.56. The Balaban J connectivity index is 0.000000847. The Bertz CT molecular complexity index is 689. The Labute approximate surface area is 130 Å². The average molecular weight is 299 g/mol. The summed E-state index contributed by atoms with van der Waals surface area (Å²) in [5, 5.41) is 0. The van der Waals surface area contributed by atoms with E-state index in [1.807, 2.05) is 36.9 Å². The van der Waals surface area contributed by atoms with Crippen molar-refractivity contribution in [1.29, 1.82) is 0 Å². The number of carbonyl (C=O) groups is 2. The van der Waals surface area contributed by atoms with Gasteiger partial charge in [-0.3, -0.25) is 9.59 Å². The number of allylic oxidation sites excluding steroid dienone is 2. The topological polar surface area (TPSA) is 89.4 Å². The van der Waals surface area contributed by atoms with E-state index in [9.17, 15) is 9.59 Å². The van der Waals surface area contributed by atoms with Crippen molar-refractivity contribution >= 4 is 11.6 Å². The molecule has 0 amide bonds. The highest BCUT2D eigenvalue weighted by Gasteiger charge is 2.36. The Kier molecular flexibility index (Phi) is 4.47. The molecule has 1 heterocycles. The molecule has 1 aromatic rings. The van der Waals surface area contributed by atoms with E-state index in [0.717, 1.165) is 11.1 Å². The van der Waals surface area contributed by atoms with Gasteiger partial charge in [0.15, 0.2) is 5.78 Å². The van der Waals surface area contributed by atoms with Crippen LogP contribution in [-0.2, 0) is 17.9 Å². The van der Waals surface area contributed by atoms with Gasteiger partial charge in [-0.05, 0) is 11.1 Å². The molecule has 116 valence electrons. The molecular weight excluding hydrogens is 278 g/mol. The highest BCUT2D eigenvalue weighted by Crippen LogP contribution is 2.33. The predicted molar refractivity (Wildman–Crippen MR) is 85.8 cm³/mol. The number of hydrogen-bond acceptors (Lipinski definition) is 5. The number of benzene rings is 1. The van der Waals surface area contributed by atoms with Crippen LogP contribution in [0.3, 0.4) is 0 Å². The fraction of sp³-hybridized carbons (Fsp3) is 0.294. The molecule has 0 bridgehead atoms. The number of fused-ring (bicyclic) bond motifs is 1. The van der Waals surface area contributed by atoms with Crippen LogP contribution >= 0.6 is 0 Å². The fourth-order valence-electron chi connectivity index (χ4n) is 2.69. The Morgan fingerprint density at radius 1 is 1.23 bits per heavy atom. The van der Waals surface area contributed by atoms with Crippen molar-refractivity contribution in [1.82, 2.24) is 4.90 Å². The van der Waals surface area contributed by atoms with Crippen molar-refractivity contribution < 1.29 is 9.59 Å². The summed E-state index contributed by atoms with van der Waals surface area (Å²) in [5.74, 6) is -0.212. The van der Waals surface area contributed by atoms with Gasteiger partial charge >= 0.3 is 0 Å². The number of nitrogens with zero attached hydrogens (tertiary/aromatic N) is 1. The van der Waals surface area contributed by atoms with Gasteiger partial charge in [0.1, 0.15) is 5.70 Å². The lowest BCUT2D eigenvalue weighted by Gasteiger charge is -2.36. The summed E-state index contributed by atoms with van der Waals surface area (Å²) in [7, 11) is 0. The molecule has 22 heavy (non-hydrogen) atoms. The number of ketones is 2. The van der Waals surface area contributed by atoms with Gasteiger partial charge in [-0.25, -0.2) is 0 Å². The molecule has 1 aromatic carbocycles. The van der Waals surface area contributed by atoms with Crippen molar-refractivity contribution in [2.24, 2.45) is 11.5 Å². The first kappa shape index (κ1) is 16.0. The van der Waals surface area contributed by atoms with Crippen LogP contribution in [0.2, 0.25) is 0 Å². The van der Waals surface area contributed by atoms with E-state index in [0.29, 0.717) is 29.9 Å². The third-order valence-corrected chi connectivity index (χ3v) is 3.78. The molecule has 0 atom stereocenters. The highest BCUT2D eigenvalue weighted by molar-refractivity contribution is 6.18. The summed E-state index contributed by atoms with van der Waals surface area (Å²) < 4.78 is 0. The van der Waals surface area contributed by atoms with Crippen molar-refractivity contribution in [3.63, 3.8) is 0 Å². The van der Waals surface area contributed by atoms with E-state index in [1.165, 1.54) is 0 Å². The van der Waals surface area contributed by atoms with E-state index < -0.39 is 0 Å². The first-order chi connectivity index (χ1) is 10.5. The lowest BCUT2D eigenvalue weighted by Crippen LogP contribution is -2.42. The van der Waals surface area contributed by atoms with Crippen LogP contribution in [0, 0.1) is 0 Å². The van der Waals surface area contributed by atoms with Crippen molar-refractivity contribution in [2.75, 3.05) is 6.54 Å². The quantitative estimate of drug-likeness (QED) is 0.807. The number of hydrogen-bond donors (Lipinski definition) is 2. The van der Waals surface area contributed by atoms with Crippen LogP contribution in [0.1, 0.15) is 35.3 Å². The Hall–Kier alpha value is -2.40. The summed E-state index contributed by atoms with van der Waals surface area (Å²) in [6.45, 7) is 8.89. The maximum atomic E-state index is 12.2. The number of rotatable bonds is 2. The maximum absolute atomic E-state index is 12.2. The standard InChI is InChI=1S/C15H15N3O2.C2H6/c1-8-14(13(17)15(8)20)18-6-10-4-9(5-16)2-3-11(10)12(19)7-18;1-2/h2-4H,1,5-7,16-17H2;1-2H3. The molecule has 0 aromatic heterocycles. The van der Waals surface area contributed by atoms with Gasteiger partial charge in [0.05, 0.1) is 12.2 Å². The maximum Gasteiger partial charge on any atom is 0.212 e. The van der Waals surface area contributed by atoms with Gasteiger partial charge < -0.3 is 16.4 Å².